The molecule has 0 radical (unpaired) electrons. The second kappa shape index (κ2) is 7.93. The fraction of sp³-hybridized carbons (Fsp3) is 0.235. The number of primary amides is 1. The summed E-state index contributed by atoms with van der Waals surface area (Å²) in [6, 6.07) is 14.8. The number of amides is 1. The minimum atomic E-state index is -0.439. The molecular weight excluding hydrogens is 280 g/mol. The van der Waals surface area contributed by atoms with Crippen LogP contribution in [0.3, 0.4) is 0 Å². The lowest BCUT2D eigenvalue weighted by molar-refractivity contribution is -0.145. The lowest BCUT2D eigenvalue weighted by Crippen LogP contribution is -2.18. The first-order valence-electron chi connectivity index (χ1n) is 7.04. The third-order valence-electron chi connectivity index (χ3n) is 3.24. The summed E-state index contributed by atoms with van der Waals surface area (Å²) in [5, 5.41) is 0. The number of rotatable bonds is 7. The van der Waals surface area contributed by atoms with Gasteiger partial charge in [-0.05, 0) is 17.7 Å². The second-order valence-corrected chi connectivity index (χ2v) is 4.96. The van der Waals surface area contributed by atoms with Crippen LogP contribution in [-0.2, 0) is 20.9 Å². The molecule has 0 saturated heterocycles. The molecule has 5 heteroatoms. The van der Waals surface area contributed by atoms with Crippen molar-refractivity contribution in [2.45, 2.75) is 25.4 Å². The van der Waals surface area contributed by atoms with Crippen molar-refractivity contribution in [3.8, 4) is 0 Å². The molecule has 1 aromatic heterocycles. The number of benzene rings is 1. The molecule has 1 heterocycles. The maximum absolute atomic E-state index is 12.0. The molecule has 0 fully saturated rings. The maximum Gasteiger partial charge on any atom is 0.306 e. The van der Waals surface area contributed by atoms with E-state index in [9.17, 15) is 9.59 Å². The number of carbonyl (C=O) groups excluding carboxylic acids is 2. The standard InChI is InChI=1S/C17H18N2O3/c18-16(20)10-14(13-6-2-1-3-7-13)11-17(21)22-12-15-8-4-5-9-19-15/h1-9,14H,10-12H2,(H2,18,20)/t14-/m1/s1. The highest BCUT2D eigenvalue weighted by molar-refractivity contribution is 5.77. The minimum Gasteiger partial charge on any atom is -0.459 e. The smallest absolute Gasteiger partial charge is 0.306 e. The van der Waals surface area contributed by atoms with Gasteiger partial charge in [-0.3, -0.25) is 14.6 Å². The summed E-state index contributed by atoms with van der Waals surface area (Å²) in [4.78, 5) is 27.3. The third kappa shape index (κ3) is 5.01. The highest BCUT2D eigenvalue weighted by atomic mass is 16.5. The highest BCUT2D eigenvalue weighted by Crippen LogP contribution is 2.23. The zero-order chi connectivity index (χ0) is 15.8. The lowest BCUT2D eigenvalue weighted by Gasteiger charge is -2.15. The molecule has 114 valence electrons. The van der Waals surface area contributed by atoms with Gasteiger partial charge in [0, 0.05) is 18.5 Å². The largest absolute Gasteiger partial charge is 0.459 e. The van der Waals surface area contributed by atoms with Crippen molar-refractivity contribution in [2.75, 3.05) is 0 Å². The Bertz CT molecular complexity index is 614. The predicted octanol–water partition coefficient (Wildman–Crippen LogP) is 2.17. The Kier molecular flexibility index (Phi) is 5.65. The number of ether oxygens (including phenoxy) is 1. The molecule has 1 amide bonds. The fourth-order valence-electron chi connectivity index (χ4n) is 2.17. The van der Waals surface area contributed by atoms with Crippen LogP contribution in [0.5, 0.6) is 0 Å². The van der Waals surface area contributed by atoms with E-state index in [1.807, 2.05) is 36.4 Å². The Morgan fingerprint density at radius 3 is 2.41 bits per heavy atom. The van der Waals surface area contributed by atoms with E-state index in [0.717, 1.165) is 5.56 Å². The Labute approximate surface area is 129 Å². The predicted molar refractivity (Wildman–Crippen MR) is 81.6 cm³/mol. The van der Waals surface area contributed by atoms with Gasteiger partial charge >= 0.3 is 5.97 Å². The first kappa shape index (κ1) is 15.7. The molecule has 1 atom stereocenters. The molecule has 0 bridgehead atoms. The van der Waals surface area contributed by atoms with Gasteiger partial charge < -0.3 is 10.5 Å². The molecule has 0 unspecified atom stereocenters. The van der Waals surface area contributed by atoms with E-state index in [4.69, 9.17) is 10.5 Å². The van der Waals surface area contributed by atoms with E-state index in [2.05, 4.69) is 4.98 Å². The topological polar surface area (TPSA) is 82.3 Å². The first-order chi connectivity index (χ1) is 10.6. The molecule has 1 aromatic carbocycles. The summed E-state index contributed by atoms with van der Waals surface area (Å²) in [5.41, 5.74) is 6.85. The van der Waals surface area contributed by atoms with Crippen LogP contribution in [0.25, 0.3) is 0 Å². The van der Waals surface area contributed by atoms with Crippen molar-refractivity contribution in [3.63, 3.8) is 0 Å². The van der Waals surface area contributed by atoms with Crippen molar-refractivity contribution < 1.29 is 14.3 Å². The van der Waals surface area contributed by atoms with E-state index >= 15 is 0 Å². The zero-order valence-corrected chi connectivity index (χ0v) is 12.1. The van der Waals surface area contributed by atoms with Crippen LogP contribution in [-0.4, -0.2) is 16.9 Å². The van der Waals surface area contributed by atoms with Crippen molar-refractivity contribution in [3.05, 3.63) is 66.0 Å². The molecule has 2 aromatic rings. The van der Waals surface area contributed by atoms with Crippen molar-refractivity contribution in [1.29, 1.82) is 0 Å². The van der Waals surface area contributed by atoms with Crippen molar-refractivity contribution >= 4 is 11.9 Å². The second-order valence-electron chi connectivity index (χ2n) is 4.96. The number of carbonyl (C=O) groups is 2. The summed E-state index contributed by atoms with van der Waals surface area (Å²) in [6.07, 6.45) is 1.87. The van der Waals surface area contributed by atoms with E-state index in [1.54, 1.807) is 18.3 Å². The Balaban J connectivity index is 1.95. The van der Waals surface area contributed by atoms with Crippen molar-refractivity contribution in [1.82, 2.24) is 4.98 Å². The van der Waals surface area contributed by atoms with E-state index in [-0.39, 0.29) is 31.3 Å². The molecule has 0 saturated carbocycles. The van der Waals surface area contributed by atoms with Gasteiger partial charge in [0.15, 0.2) is 0 Å². The van der Waals surface area contributed by atoms with Gasteiger partial charge in [0.1, 0.15) is 6.61 Å². The lowest BCUT2D eigenvalue weighted by atomic mass is 9.92. The van der Waals surface area contributed by atoms with Crippen LogP contribution in [0, 0.1) is 0 Å². The monoisotopic (exact) mass is 298 g/mol. The van der Waals surface area contributed by atoms with Gasteiger partial charge in [-0.15, -0.1) is 0 Å². The number of hydrogen-bond donors (Lipinski definition) is 1. The van der Waals surface area contributed by atoms with Crippen LogP contribution < -0.4 is 5.73 Å². The van der Waals surface area contributed by atoms with Gasteiger partial charge in [0.2, 0.25) is 5.91 Å². The number of esters is 1. The normalized spacial score (nSPS) is 11.6. The number of hydrogen-bond acceptors (Lipinski definition) is 4. The van der Waals surface area contributed by atoms with Crippen LogP contribution >= 0.6 is 0 Å². The van der Waals surface area contributed by atoms with Gasteiger partial charge in [-0.25, -0.2) is 0 Å². The Hall–Kier alpha value is -2.69. The summed E-state index contributed by atoms with van der Waals surface area (Å²) in [6.45, 7) is 0.123. The van der Waals surface area contributed by atoms with Crippen LogP contribution in [0.15, 0.2) is 54.7 Å². The van der Waals surface area contributed by atoms with Gasteiger partial charge in [-0.2, -0.15) is 0 Å². The number of pyridine rings is 1. The number of nitrogens with two attached hydrogens (primary N) is 1. The quantitative estimate of drug-likeness (QED) is 0.794. The molecular formula is C17H18N2O3. The Morgan fingerprint density at radius 1 is 1.05 bits per heavy atom. The van der Waals surface area contributed by atoms with E-state index < -0.39 is 5.91 Å². The van der Waals surface area contributed by atoms with E-state index in [0.29, 0.717) is 5.69 Å². The first-order valence-corrected chi connectivity index (χ1v) is 7.04. The summed E-state index contributed by atoms with van der Waals surface area (Å²) in [5.74, 6) is -1.08. The average molecular weight is 298 g/mol. The van der Waals surface area contributed by atoms with Crippen molar-refractivity contribution in [2.24, 2.45) is 5.73 Å². The van der Waals surface area contributed by atoms with Crippen LogP contribution in [0.1, 0.15) is 30.0 Å². The zero-order valence-electron chi connectivity index (χ0n) is 12.1. The molecule has 0 aliphatic rings. The number of aromatic nitrogens is 1. The summed E-state index contributed by atoms with van der Waals surface area (Å²) >= 11 is 0. The molecule has 2 rings (SSSR count). The maximum atomic E-state index is 12.0. The van der Waals surface area contributed by atoms with Gasteiger partial charge in [-0.1, -0.05) is 36.4 Å². The Morgan fingerprint density at radius 2 is 1.77 bits per heavy atom. The molecule has 2 N–H and O–H groups in total. The third-order valence-corrected chi connectivity index (χ3v) is 3.24. The van der Waals surface area contributed by atoms with Crippen LogP contribution in [0.2, 0.25) is 0 Å². The fourth-order valence-corrected chi connectivity index (χ4v) is 2.17. The van der Waals surface area contributed by atoms with Gasteiger partial charge in [0.25, 0.3) is 0 Å². The van der Waals surface area contributed by atoms with Crippen LogP contribution in [0.4, 0.5) is 0 Å². The molecule has 0 aliphatic heterocycles. The SMILES string of the molecule is NC(=O)C[C@H](CC(=O)OCc1ccccn1)c1ccccc1. The number of nitrogens with zero attached hydrogens (tertiary/aromatic N) is 1. The highest BCUT2D eigenvalue weighted by Gasteiger charge is 2.19. The molecule has 0 aliphatic carbocycles. The van der Waals surface area contributed by atoms with E-state index in [1.165, 1.54) is 0 Å². The minimum absolute atomic E-state index is 0.111. The summed E-state index contributed by atoms with van der Waals surface area (Å²) in [7, 11) is 0. The molecule has 5 nitrogen and oxygen atoms in total. The molecule has 0 spiro atoms. The molecule has 22 heavy (non-hydrogen) atoms. The van der Waals surface area contributed by atoms with Gasteiger partial charge in [0.05, 0.1) is 12.1 Å². The summed E-state index contributed by atoms with van der Waals surface area (Å²) < 4.78 is 5.21. The average Bonchev–Trinajstić information content (AvgIpc) is 2.54.